The molecule has 0 aromatic heterocycles. The molecule has 1 atom stereocenters. The number of piperazine rings is 1. The molecule has 0 spiro atoms. The molecule has 1 N–H and O–H groups in total. The van der Waals surface area contributed by atoms with Gasteiger partial charge >= 0.3 is 0 Å². The van der Waals surface area contributed by atoms with Gasteiger partial charge in [-0.3, -0.25) is 0 Å². The summed E-state index contributed by atoms with van der Waals surface area (Å²) in [4.78, 5) is 2.67. The van der Waals surface area contributed by atoms with Gasteiger partial charge in [-0.2, -0.15) is 0 Å². The van der Waals surface area contributed by atoms with Gasteiger partial charge in [0.2, 0.25) is 0 Å². The minimum Gasteiger partial charge on any atom is -0.311 e. The zero-order valence-corrected chi connectivity index (χ0v) is 10.2. The fourth-order valence-corrected chi connectivity index (χ4v) is 2.65. The van der Waals surface area contributed by atoms with Gasteiger partial charge in [-0.15, -0.1) is 0 Å². The summed E-state index contributed by atoms with van der Waals surface area (Å²) in [5, 5.41) is 3.62. The maximum Gasteiger partial charge on any atom is 0.0195 e. The molecule has 1 aliphatic carbocycles. The molecule has 0 amide bonds. The molecule has 2 nitrogen and oxygen atoms in total. The molecule has 2 aliphatic rings. The third-order valence-electron chi connectivity index (χ3n) is 3.76. The Bertz CT molecular complexity index is 175. The van der Waals surface area contributed by atoms with E-state index in [4.69, 9.17) is 0 Å². The molecule has 0 radical (unpaired) electrons. The molecular formula is C13H26N2. The van der Waals surface area contributed by atoms with E-state index in [0.717, 1.165) is 12.0 Å². The van der Waals surface area contributed by atoms with Crippen molar-refractivity contribution in [2.75, 3.05) is 26.2 Å². The zero-order valence-electron chi connectivity index (χ0n) is 10.2. The minimum atomic E-state index is 0.768. The number of nitrogens with one attached hydrogen (secondary N) is 1. The monoisotopic (exact) mass is 210 g/mol. The average Bonchev–Trinajstić information content (AvgIpc) is 3.03. The van der Waals surface area contributed by atoms with Crippen LogP contribution in [0.3, 0.4) is 0 Å². The summed E-state index contributed by atoms with van der Waals surface area (Å²) >= 11 is 0. The molecular weight excluding hydrogens is 184 g/mol. The van der Waals surface area contributed by atoms with Crippen LogP contribution < -0.4 is 5.32 Å². The van der Waals surface area contributed by atoms with E-state index in [1.54, 1.807) is 0 Å². The van der Waals surface area contributed by atoms with Gasteiger partial charge in [0.05, 0.1) is 0 Å². The molecule has 2 fully saturated rings. The molecule has 1 saturated heterocycles. The Labute approximate surface area is 94.4 Å². The van der Waals surface area contributed by atoms with Crippen LogP contribution in [-0.2, 0) is 0 Å². The molecule has 2 heteroatoms. The van der Waals surface area contributed by atoms with Crippen LogP contribution >= 0.6 is 0 Å². The van der Waals surface area contributed by atoms with E-state index in [1.165, 1.54) is 64.7 Å². The molecule has 0 bridgehead atoms. The van der Waals surface area contributed by atoms with Gasteiger partial charge in [0.25, 0.3) is 0 Å². The number of rotatable bonds is 6. The Morgan fingerprint density at radius 1 is 1.27 bits per heavy atom. The Morgan fingerprint density at radius 3 is 2.87 bits per heavy atom. The predicted octanol–water partition coefficient (Wildman–Crippen LogP) is 2.25. The maximum atomic E-state index is 3.62. The first-order chi connectivity index (χ1) is 7.38. The van der Waals surface area contributed by atoms with Crippen LogP contribution in [0.15, 0.2) is 0 Å². The molecule has 1 saturated carbocycles. The van der Waals surface area contributed by atoms with Crippen LogP contribution in [0.25, 0.3) is 0 Å². The minimum absolute atomic E-state index is 0.768. The summed E-state index contributed by atoms with van der Waals surface area (Å²) in [7, 11) is 0. The van der Waals surface area contributed by atoms with E-state index < -0.39 is 0 Å². The lowest BCUT2D eigenvalue weighted by atomic mass is 10.1. The quantitative estimate of drug-likeness (QED) is 0.723. The summed E-state index contributed by atoms with van der Waals surface area (Å²) < 4.78 is 0. The van der Waals surface area contributed by atoms with E-state index in [-0.39, 0.29) is 0 Å². The van der Waals surface area contributed by atoms with Crippen LogP contribution in [0.2, 0.25) is 0 Å². The Kier molecular flexibility index (Phi) is 4.45. The zero-order chi connectivity index (χ0) is 10.5. The van der Waals surface area contributed by atoms with Gasteiger partial charge in [-0.05, 0) is 31.7 Å². The van der Waals surface area contributed by atoms with Gasteiger partial charge in [0, 0.05) is 25.7 Å². The topological polar surface area (TPSA) is 15.3 Å². The third kappa shape index (κ3) is 4.12. The van der Waals surface area contributed by atoms with Gasteiger partial charge in [0.1, 0.15) is 0 Å². The molecule has 15 heavy (non-hydrogen) atoms. The van der Waals surface area contributed by atoms with E-state index in [9.17, 15) is 0 Å². The van der Waals surface area contributed by atoms with Crippen molar-refractivity contribution in [2.45, 2.75) is 51.5 Å². The van der Waals surface area contributed by atoms with E-state index in [0.29, 0.717) is 0 Å². The van der Waals surface area contributed by atoms with Crippen molar-refractivity contribution < 1.29 is 0 Å². The standard InChI is InChI=1S/C13H26N2/c1-2-4-13-11-15(10-8-14-13)9-3-5-12-6-7-12/h12-14H,2-11H2,1H3. The van der Waals surface area contributed by atoms with Crippen LogP contribution in [-0.4, -0.2) is 37.1 Å². The smallest absolute Gasteiger partial charge is 0.0195 e. The Balaban J connectivity index is 1.58. The molecule has 1 heterocycles. The summed E-state index contributed by atoms with van der Waals surface area (Å²) in [6.07, 6.45) is 8.61. The van der Waals surface area contributed by atoms with Gasteiger partial charge in [0.15, 0.2) is 0 Å². The average molecular weight is 210 g/mol. The highest BCUT2D eigenvalue weighted by Crippen LogP contribution is 2.33. The summed E-state index contributed by atoms with van der Waals surface area (Å²) in [5.41, 5.74) is 0. The molecule has 1 aliphatic heterocycles. The van der Waals surface area contributed by atoms with Crippen molar-refractivity contribution in [3.05, 3.63) is 0 Å². The first kappa shape index (κ1) is 11.4. The summed E-state index contributed by atoms with van der Waals surface area (Å²) in [5.74, 6) is 1.11. The van der Waals surface area contributed by atoms with Crippen LogP contribution in [0, 0.1) is 5.92 Å². The van der Waals surface area contributed by atoms with Crippen molar-refractivity contribution in [3.63, 3.8) is 0 Å². The lowest BCUT2D eigenvalue weighted by Crippen LogP contribution is -2.50. The van der Waals surface area contributed by atoms with Gasteiger partial charge < -0.3 is 10.2 Å². The van der Waals surface area contributed by atoms with Crippen molar-refractivity contribution >= 4 is 0 Å². The lowest BCUT2D eigenvalue weighted by molar-refractivity contribution is 0.190. The second kappa shape index (κ2) is 5.86. The molecule has 0 aromatic carbocycles. The van der Waals surface area contributed by atoms with Crippen molar-refractivity contribution in [1.29, 1.82) is 0 Å². The van der Waals surface area contributed by atoms with Gasteiger partial charge in [-0.1, -0.05) is 26.2 Å². The van der Waals surface area contributed by atoms with Crippen LogP contribution in [0.5, 0.6) is 0 Å². The predicted molar refractivity (Wildman–Crippen MR) is 65.1 cm³/mol. The molecule has 2 rings (SSSR count). The van der Waals surface area contributed by atoms with E-state index in [2.05, 4.69) is 17.1 Å². The number of hydrogen-bond donors (Lipinski definition) is 1. The first-order valence-corrected chi connectivity index (χ1v) is 6.84. The second-order valence-corrected chi connectivity index (χ2v) is 5.33. The SMILES string of the molecule is CCCC1CN(CCCC2CC2)CCN1. The molecule has 88 valence electrons. The van der Waals surface area contributed by atoms with Crippen molar-refractivity contribution in [1.82, 2.24) is 10.2 Å². The highest BCUT2D eigenvalue weighted by Gasteiger charge is 2.22. The maximum absolute atomic E-state index is 3.62. The Morgan fingerprint density at radius 2 is 2.13 bits per heavy atom. The fraction of sp³-hybridized carbons (Fsp3) is 1.00. The number of nitrogens with zero attached hydrogens (tertiary/aromatic N) is 1. The molecule has 0 aromatic rings. The first-order valence-electron chi connectivity index (χ1n) is 6.84. The van der Waals surface area contributed by atoms with Crippen LogP contribution in [0.1, 0.15) is 45.4 Å². The van der Waals surface area contributed by atoms with Crippen molar-refractivity contribution in [3.8, 4) is 0 Å². The third-order valence-corrected chi connectivity index (χ3v) is 3.76. The van der Waals surface area contributed by atoms with Crippen molar-refractivity contribution in [2.24, 2.45) is 5.92 Å². The van der Waals surface area contributed by atoms with Gasteiger partial charge in [-0.25, -0.2) is 0 Å². The highest BCUT2D eigenvalue weighted by molar-refractivity contribution is 4.79. The summed E-state index contributed by atoms with van der Waals surface area (Å²) in [6.45, 7) is 7.39. The molecule has 1 unspecified atom stereocenters. The summed E-state index contributed by atoms with van der Waals surface area (Å²) in [6, 6.07) is 0.768. The normalized spacial score (nSPS) is 28.2. The Hall–Kier alpha value is -0.0800. The lowest BCUT2D eigenvalue weighted by Gasteiger charge is -2.33. The highest BCUT2D eigenvalue weighted by atomic mass is 15.2. The van der Waals surface area contributed by atoms with E-state index >= 15 is 0 Å². The second-order valence-electron chi connectivity index (χ2n) is 5.33. The number of hydrogen-bond acceptors (Lipinski definition) is 2. The van der Waals surface area contributed by atoms with E-state index in [1.807, 2.05) is 0 Å². The fourth-order valence-electron chi connectivity index (χ4n) is 2.65. The van der Waals surface area contributed by atoms with Crippen LogP contribution in [0.4, 0.5) is 0 Å². The largest absolute Gasteiger partial charge is 0.311 e.